The minimum absolute atomic E-state index is 0.222. The fourth-order valence-electron chi connectivity index (χ4n) is 2.51. The molecule has 1 amide bonds. The quantitative estimate of drug-likeness (QED) is 0.726. The number of fused-ring (bicyclic) bond motifs is 1. The lowest BCUT2D eigenvalue weighted by atomic mass is 10.1. The number of aryl methyl sites for hydroxylation is 1. The third kappa shape index (κ3) is 4.20. The van der Waals surface area contributed by atoms with Gasteiger partial charge in [0.25, 0.3) is 5.56 Å². The zero-order chi connectivity index (χ0) is 18.7. The Hall–Kier alpha value is -2.44. The van der Waals surface area contributed by atoms with Gasteiger partial charge in [0.2, 0.25) is 5.91 Å². The Kier molecular flexibility index (Phi) is 5.54. The number of benzene rings is 2. The lowest BCUT2D eigenvalue weighted by Crippen LogP contribution is -2.35. The molecule has 26 heavy (non-hydrogen) atoms. The number of hydrogen-bond donors (Lipinski definition) is 1. The highest BCUT2D eigenvalue weighted by Crippen LogP contribution is 2.23. The number of nitrogens with zero attached hydrogens (tertiary/aromatic N) is 3. The van der Waals surface area contributed by atoms with Crippen LogP contribution in [0, 0.1) is 6.92 Å². The van der Waals surface area contributed by atoms with Crippen molar-refractivity contribution in [3.63, 3.8) is 0 Å². The predicted molar refractivity (Wildman–Crippen MR) is 102 cm³/mol. The SMILES string of the molecule is Cc1ccc(CCNC(=O)Cn2nnc3c(Cl)cc(Cl)cc3c2=O)cc1. The Morgan fingerprint density at radius 2 is 1.92 bits per heavy atom. The number of halogens is 2. The van der Waals surface area contributed by atoms with Crippen LogP contribution in [0.2, 0.25) is 10.0 Å². The number of carbonyl (C=O) groups is 1. The first-order chi connectivity index (χ1) is 12.4. The molecule has 134 valence electrons. The Labute approximate surface area is 159 Å². The number of aromatic nitrogens is 3. The standard InChI is InChI=1S/C18H16Cl2N4O2/c1-11-2-4-12(5-3-11)6-7-21-16(25)10-24-18(26)14-8-13(19)9-15(20)17(14)22-23-24/h2-5,8-9H,6-7,10H2,1H3,(H,21,25). The van der Waals surface area contributed by atoms with E-state index in [1.54, 1.807) is 0 Å². The first-order valence-corrected chi connectivity index (χ1v) is 8.74. The van der Waals surface area contributed by atoms with E-state index in [-0.39, 0.29) is 28.4 Å². The molecule has 0 bridgehead atoms. The number of hydrogen-bond acceptors (Lipinski definition) is 4. The van der Waals surface area contributed by atoms with Gasteiger partial charge in [0.15, 0.2) is 0 Å². The first-order valence-electron chi connectivity index (χ1n) is 7.99. The minimum Gasteiger partial charge on any atom is -0.354 e. The minimum atomic E-state index is -0.465. The molecule has 1 N–H and O–H groups in total. The van der Waals surface area contributed by atoms with Crippen LogP contribution in [0.25, 0.3) is 10.9 Å². The molecule has 3 rings (SSSR count). The summed E-state index contributed by atoms with van der Waals surface area (Å²) in [6.07, 6.45) is 0.704. The first kappa shape index (κ1) is 18.4. The molecule has 0 unspecified atom stereocenters. The van der Waals surface area contributed by atoms with Crippen LogP contribution in [-0.4, -0.2) is 27.4 Å². The second-order valence-electron chi connectivity index (χ2n) is 5.92. The summed E-state index contributed by atoms with van der Waals surface area (Å²) in [7, 11) is 0. The van der Waals surface area contributed by atoms with Gasteiger partial charge in [-0.2, -0.15) is 0 Å². The maximum atomic E-state index is 12.5. The molecule has 0 aliphatic rings. The van der Waals surface area contributed by atoms with Gasteiger partial charge in [0.05, 0.1) is 10.4 Å². The maximum absolute atomic E-state index is 12.5. The molecule has 0 radical (unpaired) electrons. The molecule has 6 nitrogen and oxygen atoms in total. The average Bonchev–Trinajstić information content (AvgIpc) is 2.59. The van der Waals surface area contributed by atoms with E-state index in [9.17, 15) is 9.59 Å². The summed E-state index contributed by atoms with van der Waals surface area (Å²) in [5, 5.41) is 11.3. The summed E-state index contributed by atoms with van der Waals surface area (Å²) in [5.41, 5.74) is 2.11. The Balaban J connectivity index is 1.66. The highest BCUT2D eigenvalue weighted by Gasteiger charge is 2.12. The summed E-state index contributed by atoms with van der Waals surface area (Å²) >= 11 is 11.9. The zero-order valence-electron chi connectivity index (χ0n) is 14.0. The van der Waals surface area contributed by atoms with Crippen molar-refractivity contribution < 1.29 is 4.79 Å². The Morgan fingerprint density at radius 3 is 2.65 bits per heavy atom. The van der Waals surface area contributed by atoms with Crippen LogP contribution in [0.15, 0.2) is 41.2 Å². The van der Waals surface area contributed by atoms with Crippen molar-refractivity contribution in [3.05, 3.63) is 67.9 Å². The molecule has 2 aromatic carbocycles. The summed E-state index contributed by atoms with van der Waals surface area (Å²) < 4.78 is 0.996. The van der Waals surface area contributed by atoms with Crippen molar-refractivity contribution in [2.24, 2.45) is 0 Å². The Morgan fingerprint density at radius 1 is 1.19 bits per heavy atom. The van der Waals surface area contributed by atoms with Gasteiger partial charge in [-0.05, 0) is 31.0 Å². The summed E-state index contributed by atoms with van der Waals surface area (Å²) in [6, 6.07) is 11.0. The highest BCUT2D eigenvalue weighted by atomic mass is 35.5. The van der Waals surface area contributed by atoms with Crippen LogP contribution >= 0.6 is 23.2 Å². The van der Waals surface area contributed by atoms with E-state index in [0.29, 0.717) is 18.0 Å². The van der Waals surface area contributed by atoms with Crippen molar-refractivity contribution in [1.82, 2.24) is 20.3 Å². The van der Waals surface area contributed by atoms with Crippen molar-refractivity contribution in [1.29, 1.82) is 0 Å². The molecule has 0 aliphatic heterocycles. The van der Waals surface area contributed by atoms with Gasteiger partial charge in [-0.3, -0.25) is 9.59 Å². The molecule has 1 aromatic heterocycles. The molecule has 3 aromatic rings. The molecule has 1 heterocycles. The van der Waals surface area contributed by atoms with Crippen LogP contribution in [0.1, 0.15) is 11.1 Å². The van der Waals surface area contributed by atoms with Crippen molar-refractivity contribution in [2.45, 2.75) is 19.9 Å². The topological polar surface area (TPSA) is 76.9 Å². The van der Waals surface area contributed by atoms with Gasteiger partial charge in [-0.25, -0.2) is 4.68 Å². The van der Waals surface area contributed by atoms with Crippen LogP contribution in [0.5, 0.6) is 0 Å². The van der Waals surface area contributed by atoms with E-state index < -0.39 is 5.56 Å². The Bertz CT molecular complexity index is 1020. The molecule has 0 spiro atoms. The van der Waals surface area contributed by atoms with Gasteiger partial charge in [-0.15, -0.1) is 5.10 Å². The van der Waals surface area contributed by atoms with Crippen LogP contribution in [0.3, 0.4) is 0 Å². The van der Waals surface area contributed by atoms with Gasteiger partial charge < -0.3 is 5.32 Å². The summed E-state index contributed by atoms with van der Waals surface area (Å²) in [4.78, 5) is 24.5. The van der Waals surface area contributed by atoms with Crippen LogP contribution < -0.4 is 10.9 Å². The molecule has 0 atom stereocenters. The van der Waals surface area contributed by atoms with E-state index in [0.717, 1.165) is 10.2 Å². The van der Waals surface area contributed by atoms with E-state index in [1.165, 1.54) is 17.7 Å². The summed E-state index contributed by atoms with van der Waals surface area (Å²) in [5.74, 6) is -0.319. The fraction of sp³-hybridized carbons (Fsp3) is 0.222. The van der Waals surface area contributed by atoms with Crippen LogP contribution in [0.4, 0.5) is 0 Å². The molecule has 0 fully saturated rings. The molecule has 8 heteroatoms. The van der Waals surface area contributed by atoms with E-state index >= 15 is 0 Å². The molecule has 0 saturated carbocycles. The predicted octanol–water partition coefficient (Wildman–Crippen LogP) is 2.77. The van der Waals surface area contributed by atoms with Gasteiger partial charge in [-0.1, -0.05) is 58.2 Å². The summed E-state index contributed by atoms with van der Waals surface area (Å²) in [6.45, 7) is 2.27. The third-order valence-corrected chi connectivity index (χ3v) is 4.40. The smallest absolute Gasteiger partial charge is 0.278 e. The van der Waals surface area contributed by atoms with Gasteiger partial charge in [0.1, 0.15) is 12.1 Å². The second-order valence-corrected chi connectivity index (χ2v) is 6.77. The van der Waals surface area contributed by atoms with Gasteiger partial charge in [0, 0.05) is 11.6 Å². The largest absolute Gasteiger partial charge is 0.354 e. The second kappa shape index (κ2) is 7.85. The molecular formula is C18H16Cl2N4O2. The highest BCUT2D eigenvalue weighted by molar-refractivity contribution is 6.38. The van der Waals surface area contributed by atoms with Crippen molar-refractivity contribution in [3.8, 4) is 0 Å². The average molecular weight is 391 g/mol. The molecule has 0 aliphatic carbocycles. The number of nitrogens with one attached hydrogen (secondary N) is 1. The number of carbonyl (C=O) groups excluding carboxylic acids is 1. The van der Waals surface area contributed by atoms with E-state index in [4.69, 9.17) is 23.2 Å². The van der Waals surface area contributed by atoms with Gasteiger partial charge >= 0.3 is 0 Å². The molecular weight excluding hydrogens is 375 g/mol. The molecule has 0 saturated heterocycles. The zero-order valence-corrected chi connectivity index (χ0v) is 15.5. The monoisotopic (exact) mass is 390 g/mol. The fourth-order valence-corrected chi connectivity index (χ4v) is 3.04. The lowest BCUT2D eigenvalue weighted by molar-refractivity contribution is -0.121. The third-order valence-electron chi connectivity index (χ3n) is 3.90. The number of rotatable bonds is 5. The van der Waals surface area contributed by atoms with Crippen molar-refractivity contribution in [2.75, 3.05) is 6.54 Å². The van der Waals surface area contributed by atoms with Crippen molar-refractivity contribution >= 4 is 40.0 Å². The maximum Gasteiger partial charge on any atom is 0.278 e. The van der Waals surface area contributed by atoms with E-state index in [2.05, 4.69) is 15.6 Å². The number of amides is 1. The normalized spacial score (nSPS) is 10.9. The van der Waals surface area contributed by atoms with Crippen LogP contribution in [-0.2, 0) is 17.8 Å². The van der Waals surface area contributed by atoms with E-state index in [1.807, 2.05) is 31.2 Å². The lowest BCUT2D eigenvalue weighted by Gasteiger charge is -2.08.